The van der Waals surface area contributed by atoms with Crippen molar-refractivity contribution in [2.45, 2.75) is 30.2 Å². The number of nitrogens with one attached hydrogen (secondary N) is 2. The van der Waals surface area contributed by atoms with Gasteiger partial charge in [0.25, 0.3) is 15.7 Å². The summed E-state index contributed by atoms with van der Waals surface area (Å²) in [5.74, 6) is 0.667. The van der Waals surface area contributed by atoms with E-state index >= 15 is 0 Å². The molecule has 0 radical (unpaired) electrons. The number of fused-ring (bicyclic) bond motifs is 3. The zero-order valence-electron chi connectivity index (χ0n) is 19.0. The fraction of sp³-hybridized carbons (Fsp3) is 0.231. The van der Waals surface area contributed by atoms with Crippen LogP contribution in [0.25, 0.3) is 0 Å². The highest BCUT2D eigenvalue weighted by molar-refractivity contribution is 7.92. The van der Waals surface area contributed by atoms with Gasteiger partial charge in [-0.2, -0.15) is 0 Å². The predicted molar refractivity (Wildman–Crippen MR) is 134 cm³/mol. The Labute approximate surface area is 203 Å². The van der Waals surface area contributed by atoms with Gasteiger partial charge in [-0.15, -0.1) is 0 Å². The molecule has 2 N–H and O–H groups in total. The Balaban J connectivity index is 1.46. The van der Waals surface area contributed by atoms with E-state index in [0.29, 0.717) is 23.6 Å². The number of para-hydroxylation sites is 1. The average Bonchev–Trinajstić information content (AvgIpc) is 3.35. The van der Waals surface area contributed by atoms with Crippen LogP contribution < -0.4 is 14.8 Å². The van der Waals surface area contributed by atoms with E-state index in [4.69, 9.17) is 4.74 Å². The van der Waals surface area contributed by atoms with Crippen molar-refractivity contribution >= 4 is 27.1 Å². The minimum atomic E-state index is -3.82. The standard InChI is InChI=1S/C26H25N3O5S/c1-2-34-18-12-10-17(11-13-18)28-35(32,33)19-14-15-24-23(16-19)20-7-5-8-21(20)26(27-24)22-6-3-4-9-25(22)29(30)31/h3-7,9-16,20-21,26-28H,2,8H2,1H3. The van der Waals surface area contributed by atoms with Crippen LogP contribution >= 0.6 is 0 Å². The molecule has 3 atom stereocenters. The SMILES string of the molecule is CCOc1ccc(NS(=O)(=O)c2ccc3c(c2)C2C=CCC2C(c2ccccc2[N+](=O)[O-])N3)cc1. The third kappa shape index (κ3) is 4.35. The first kappa shape index (κ1) is 22.9. The lowest BCUT2D eigenvalue weighted by Crippen LogP contribution is -2.30. The molecule has 0 saturated carbocycles. The molecule has 0 aromatic heterocycles. The van der Waals surface area contributed by atoms with Crippen molar-refractivity contribution in [3.8, 4) is 5.75 Å². The number of hydrogen-bond acceptors (Lipinski definition) is 6. The molecule has 1 aliphatic carbocycles. The van der Waals surface area contributed by atoms with E-state index in [1.165, 1.54) is 6.07 Å². The van der Waals surface area contributed by atoms with Crippen LogP contribution in [-0.2, 0) is 10.0 Å². The third-order valence-electron chi connectivity index (χ3n) is 6.53. The monoisotopic (exact) mass is 491 g/mol. The van der Waals surface area contributed by atoms with E-state index in [9.17, 15) is 18.5 Å². The molecule has 35 heavy (non-hydrogen) atoms. The van der Waals surface area contributed by atoms with Gasteiger partial charge in [0.2, 0.25) is 0 Å². The minimum absolute atomic E-state index is 0.0422. The number of hydrogen-bond donors (Lipinski definition) is 2. The second-order valence-electron chi connectivity index (χ2n) is 8.60. The highest BCUT2D eigenvalue weighted by Crippen LogP contribution is 2.51. The summed E-state index contributed by atoms with van der Waals surface area (Å²) in [6, 6.07) is 18.3. The number of anilines is 2. The molecule has 3 unspecified atom stereocenters. The minimum Gasteiger partial charge on any atom is -0.494 e. The highest BCUT2D eigenvalue weighted by Gasteiger charge is 2.40. The molecule has 1 aliphatic heterocycles. The fourth-order valence-corrected chi connectivity index (χ4v) is 6.06. The number of benzene rings is 3. The molecule has 5 rings (SSSR count). The number of allylic oxidation sites excluding steroid dienone is 2. The number of sulfonamides is 1. The summed E-state index contributed by atoms with van der Waals surface area (Å²) in [5, 5.41) is 15.1. The van der Waals surface area contributed by atoms with Gasteiger partial charge in [0.15, 0.2) is 0 Å². The Kier molecular flexibility index (Phi) is 5.94. The summed E-state index contributed by atoms with van der Waals surface area (Å²) in [4.78, 5) is 11.4. The number of nitrogens with zero attached hydrogens (tertiary/aromatic N) is 1. The van der Waals surface area contributed by atoms with E-state index in [1.807, 2.05) is 6.92 Å². The van der Waals surface area contributed by atoms with Crippen molar-refractivity contribution < 1.29 is 18.1 Å². The molecule has 0 amide bonds. The molecular weight excluding hydrogens is 466 g/mol. The van der Waals surface area contributed by atoms with Crippen LogP contribution in [-0.4, -0.2) is 19.9 Å². The van der Waals surface area contributed by atoms with Crippen molar-refractivity contribution in [3.05, 3.63) is 100 Å². The van der Waals surface area contributed by atoms with Crippen LogP contribution in [0.1, 0.15) is 36.4 Å². The summed E-state index contributed by atoms with van der Waals surface area (Å²) < 4.78 is 34.3. The molecule has 8 nitrogen and oxygen atoms in total. The second-order valence-corrected chi connectivity index (χ2v) is 10.3. The van der Waals surface area contributed by atoms with Crippen molar-refractivity contribution in [3.63, 3.8) is 0 Å². The predicted octanol–water partition coefficient (Wildman–Crippen LogP) is 5.62. The first-order valence-electron chi connectivity index (χ1n) is 11.4. The lowest BCUT2D eigenvalue weighted by Gasteiger charge is -2.37. The van der Waals surface area contributed by atoms with E-state index in [1.54, 1.807) is 60.7 Å². The second kappa shape index (κ2) is 9.07. The van der Waals surface area contributed by atoms with Crippen LogP contribution in [0.2, 0.25) is 0 Å². The molecule has 0 fully saturated rings. The van der Waals surface area contributed by atoms with E-state index in [0.717, 1.165) is 17.7 Å². The zero-order chi connectivity index (χ0) is 24.6. The van der Waals surface area contributed by atoms with Gasteiger partial charge in [-0.05, 0) is 67.3 Å². The van der Waals surface area contributed by atoms with Gasteiger partial charge >= 0.3 is 0 Å². The molecule has 2 aliphatic rings. The van der Waals surface area contributed by atoms with Gasteiger partial charge in [-0.1, -0.05) is 30.4 Å². The molecule has 3 aromatic carbocycles. The number of ether oxygens (including phenoxy) is 1. The molecule has 9 heteroatoms. The molecule has 0 saturated heterocycles. The highest BCUT2D eigenvalue weighted by atomic mass is 32.2. The van der Waals surface area contributed by atoms with Crippen molar-refractivity contribution in [2.75, 3.05) is 16.6 Å². The maximum atomic E-state index is 13.1. The third-order valence-corrected chi connectivity index (χ3v) is 7.91. The average molecular weight is 492 g/mol. The van der Waals surface area contributed by atoms with Crippen LogP contribution in [0.3, 0.4) is 0 Å². The fourth-order valence-electron chi connectivity index (χ4n) is 4.96. The number of nitro groups is 1. The molecule has 0 spiro atoms. The first-order chi connectivity index (χ1) is 16.9. The van der Waals surface area contributed by atoms with E-state index in [-0.39, 0.29) is 33.4 Å². The van der Waals surface area contributed by atoms with Gasteiger partial charge in [0.1, 0.15) is 5.75 Å². The zero-order valence-corrected chi connectivity index (χ0v) is 19.9. The summed E-state index contributed by atoms with van der Waals surface area (Å²) >= 11 is 0. The number of rotatable bonds is 7. The van der Waals surface area contributed by atoms with Crippen LogP contribution in [0, 0.1) is 16.0 Å². The molecular formula is C26H25N3O5S. The lowest BCUT2D eigenvalue weighted by atomic mass is 9.76. The van der Waals surface area contributed by atoms with Crippen LogP contribution in [0.4, 0.5) is 17.1 Å². The van der Waals surface area contributed by atoms with E-state index in [2.05, 4.69) is 22.2 Å². The Morgan fingerprint density at radius 1 is 1.09 bits per heavy atom. The maximum Gasteiger partial charge on any atom is 0.274 e. The Bertz CT molecular complexity index is 1400. The smallest absolute Gasteiger partial charge is 0.274 e. The molecule has 180 valence electrons. The van der Waals surface area contributed by atoms with Crippen molar-refractivity contribution in [1.82, 2.24) is 0 Å². The van der Waals surface area contributed by atoms with E-state index < -0.39 is 10.0 Å². The lowest BCUT2D eigenvalue weighted by molar-refractivity contribution is -0.385. The first-order valence-corrected chi connectivity index (χ1v) is 12.9. The summed E-state index contributed by atoms with van der Waals surface area (Å²) in [5.41, 5.74) is 2.81. The van der Waals surface area contributed by atoms with Gasteiger partial charge in [-0.3, -0.25) is 14.8 Å². The quantitative estimate of drug-likeness (QED) is 0.252. The van der Waals surface area contributed by atoms with Crippen molar-refractivity contribution in [2.24, 2.45) is 5.92 Å². The van der Waals surface area contributed by atoms with Gasteiger partial charge in [0, 0.05) is 23.4 Å². The molecule has 0 bridgehead atoms. The van der Waals surface area contributed by atoms with Gasteiger partial charge < -0.3 is 10.1 Å². The maximum absolute atomic E-state index is 13.1. The summed E-state index contributed by atoms with van der Waals surface area (Å²) in [7, 11) is -3.82. The topological polar surface area (TPSA) is 111 Å². The largest absolute Gasteiger partial charge is 0.494 e. The Morgan fingerprint density at radius 2 is 1.86 bits per heavy atom. The molecule has 3 aromatic rings. The summed E-state index contributed by atoms with van der Waals surface area (Å²) in [6.07, 6.45) is 4.88. The Morgan fingerprint density at radius 3 is 2.60 bits per heavy atom. The van der Waals surface area contributed by atoms with Crippen LogP contribution in [0.5, 0.6) is 5.75 Å². The van der Waals surface area contributed by atoms with Crippen LogP contribution in [0.15, 0.2) is 83.8 Å². The summed E-state index contributed by atoms with van der Waals surface area (Å²) in [6.45, 7) is 2.41. The van der Waals surface area contributed by atoms with Gasteiger partial charge in [-0.25, -0.2) is 8.42 Å². The normalized spacial score (nSPS) is 20.4. The van der Waals surface area contributed by atoms with Gasteiger partial charge in [0.05, 0.1) is 28.0 Å². The van der Waals surface area contributed by atoms with Crippen molar-refractivity contribution in [1.29, 1.82) is 0 Å². The Hall–Kier alpha value is -3.85. The number of nitro benzene ring substituents is 1. The molecule has 1 heterocycles.